The van der Waals surface area contributed by atoms with E-state index in [0.29, 0.717) is 16.7 Å². The summed E-state index contributed by atoms with van der Waals surface area (Å²) >= 11 is 0. The van der Waals surface area contributed by atoms with Gasteiger partial charge in [-0.25, -0.2) is 0 Å². The molecule has 4 rings (SSSR count). The fraction of sp³-hybridized carbons (Fsp3) is 0.348. The molecule has 0 spiro atoms. The van der Waals surface area contributed by atoms with Gasteiger partial charge in [-0.1, -0.05) is 29.8 Å². The van der Waals surface area contributed by atoms with Crippen LogP contribution in [0.2, 0.25) is 0 Å². The van der Waals surface area contributed by atoms with E-state index in [-0.39, 0.29) is 12.3 Å². The summed E-state index contributed by atoms with van der Waals surface area (Å²) in [4.78, 5) is 39.6. The van der Waals surface area contributed by atoms with Crippen molar-refractivity contribution in [1.29, 1.82) is 0 Å². The lowest BCUT2D eigenvalue weighted by molar-refractivity contribution is -0.115. The van der Waals surface area contributed by atoms with E-state index in [1.807, 2.05) is 37.3 Å². The molecular weight excluding hydrogens is 380 g/mol. The molecule has 30 heavy (non-hydrogen) atoms. The van der Waals surface area contributed by atoms with Gasteiger partial charge in [-0.05, 0) is 37.5 Å². The third kappa shape index (κ3) is 3.63. The minimum absolute atomic E-state index is 0.117. The molecule has 0 unspecified atom stereocenters. The quantitative estimate of drug-likeness (QED) is 0.675. The molecule has 7 nitrogen and oxygen atoms in total. The number of benzene rings is 2. The van der Waals surface area contributed by atoms with Gasteiger partial charge in [-0.2, -0.15) is 0 Å². The number of fused-ring (bicyclic) bond motifs is 1. The number of amides is 1. The molecule has 0 bridgehead atoms. The average molecular weight is 406 g/mol. The van der Waals surface area contributed by atoms with Crippen molar-refractivity contribution in [2.45, 2.75) is 26.2 Å². The highest BCUT2D eigenvalue weighted by atomic mass is 16.2. The molecule has 1 amide bonds. The van der Waals surface area contributed by atoms with Crippen LogP contribution in [0.1, 0.15) is 24.0 Å². The van der Waals surface area contributed by atoms with Gasteiger partial charge in [-0.3, -0.25) is 14.4 Å². The summed E-state index contributed by atoms with van der Waals surface area (Å²) in [5.74, 6) is -0.117. The molecule has 1 fully saturated rings. The van der Waals surface area contributed by atoms with Crippen molar-refractivity contribution in [1.82, 2.24) is 9.13 Å². The van der Waals surface area contributed by atoms with Crippen LogP contribution in [0.25, 0.3) is 11.0 Å². The van der Waals surface area contributed by atoms with E-state index in [2.05, 4.69) is 10.2 Å². The van der Waals surface area contributed by atoms with Crippen molar-refractivity contribution in [3.63, 3.8) is 0 Å². The van der Waals surface area contributed by atoms with Crippen molar-refractivity contribution >= 4 is 28.3 Å². The van der Waals surface area contributed by atoms with Gasteiger partial charge in [0.1, 0.15) is 0 Å². The maximum Gasteiger partial charge on any atom is 0.316 e. The SMILES string of the molecule is Cc1ccc(CC(=O)Nc2cc3c(cc2N2CCCC2)n(C)c(=O)c(=O)n3C)cc1. The molecule has 0 radical (unpaired) electrons. The second-order valence-corrected chi connectivity index (χ2v) is 7.99. The highest BCUT2D eigenvalue weighted by Crippen LogP contribution is 2.32. The first-order chi connectivity index (χ1) is 14.3. The highest BCUT2D eigenvalue weighted by molar-refractivity contribution is 5.99. The Kier molecular flexibility index (Phi) is 5.20. The number of nitrogens with one attached hydrogen (secondary N) is 1. The predicted octanol–water partition coefficient (Wildman–Crippen LogP) is 2.33. The zero-order valence-corrected chi connectivity index (χ0v) is 17.6. The Hall–Kier alpha value is -3.35. The molecule has 0 aliphatic carbocycles. The van der Waals surface area contributed by atoms with E-state index in [1.54, 1.807) is 20.2 Å². The van der Waals surface area contributed by atoms with E-state index in [1.165, 1.54) is 9.13 Å². The molecule has 1 aliphatic heterocycles. The third-order valence-electron chi connectivity index (χ3n) is 5.81. The fourth-order valence-electron chi connectivity index (χ4n) is 4.01. The second kappa shape index (κ2) is 7.82. The number of carbonyl (C=O) groups is 1. The van der Waals surface area contributed by atoms with Crippen LogP contribution in [-0.2, 0) is 25.3 Å². The number of rotatable bonds is 4. The van der Waals surface area contributed by atoms with Gasteiger partial charge in [0.25, 0.3) is 0 Å². The first kappa shape index (κ1) is 19.9. The molecule has 156 valence electrons. The van der Waals surface area contributed by atoms with Crippen LogP contribution in [0.3, 0.4) is 0 Å². The van der Waals surface area contributed by atoms with Gasteiger partial charge in [0.15, 0.2) is 0 Å². The smallest absolute Gasteiger partial charge is 0.316 e. The van der Waals surface area contributed by atoms with Crippen molar-refractivity contribution in [3.05, 3.63) is 68.2 Å². The molecule has 1 aliphatic rings. The molecule has 0 saturated carbocycles. The van der Waals surface area contributed by atoms with Gasteiger partial charge < -0.3 is 19.4 Å². The Bertz CT molecular complexity index is 1230. The number of nitrogens with zero attached hydrogens (tertiary/aromatic N) is 3. The summed E-state index contributed by atoms with van der Waals surface area (Å²) in [6, 6.07) is 11.6. The van der Waals surface area contributed by atoms with Crippen LogP contribution in [-0.4, -0.2) is 28.1 Å². The maximum atomic E-state index is 12.8. The summed E-state index contributed by atoms with van der Waals surface area (Å²) in [7, 11) is 3.19. The summed E-state index contributed by atoms with van der Waals surface area (Å²) in [6.45, 7) is 3.80. The van der Waals surface area contributed by atoms with Crippen molar-refractivity contribution in [3.8, 4) is 0 Å². The highest BCUT2D eigenvalue weighted by Gasteiger charge is 2.20. The Morgan fingerprint density at radius 2 is 1.50 bits per heavy atom. The molecule has 3 aromatic rings. The Labute approximate surface area is 174 Å². The van der Waals surface area contributed by atoms with Crippen LogP contribution in [0, 0.1) is 6.92 Å². The van der Waals surface area contributed by atoms with Crippen molar-refractivity contribution < 1.29 is 4.79 Å². The van der Waals surface area contributed by atoms with Gasteiger partial charge in [0.05, 0.1) is 28.8 Å². The molecule has 1 N–H and O–H groups in total. The van der Waals surface area contributed by atoms with Gasteiger partial charge in [0, 0.05) is 27.2 Å². The zero-order chi connectivity index (χ0) is 21.4. The standard InChI is InChI=1S/C23H26N4O3/c1-15-6-8-16(9-7-15)12-21(28)24-17-13-19-20(14-18(17)27-10-4-5-11-27)26(3)23(30)22(29)25(19)2/h6-9,13-14H,4-5,10-12H2,1-3H3,(H,24,28). The summed E-state index contributed by atoms with van der Waals surface area (Å²) in [5, 5.41) is 3.04. The molecule has 2 heterocycles. The molecule has 1 aromatic heterocycles. The summed E-state index contributed by atoms with van der Waals surface area (Å²) in [6.07, 6.45) is 2.44. The van der Waals surface area contributed by atoms with E-state index in [0.717, 1.165) is 42.7 Å². The average Bonchev–Trinajstić information content (AvgIpc) is 3.26. The number of hydrogen-bond acceptors (Lipinski definition) is 4. The lowest BCUT2D eigenvalue weighted by Crippen LogP contribution is -2.39. The lowest BCUT2D eigenvalue weighted by atomic mass is 10.1. The van der Waals surface area contributed by atoms with Gasteiger partial charge in [0.2, 0.25) is 5.91 Å². The van der Waals surface area contributed by atoms with E-state index in [9.17, 15) is 14.4 Å². The first-order valence-electron chi connectivity index (χ1n) is 10.2. The maximum absolute atomic E-state index is 12.8. The Morgan fingerprint density at radius 1 is 0.933 bits per heavy atom. The molecule has 2 aromatic carbocycles. The largest absolute Gasteiger partial charge is 0.370 e. The van der Waals surface area contributed by atoms with Crippen LogP contribution in [0.4, 0.5) is 11.4 Å². The normalized spacial score (nSPS) is 13.8. The third-order valence-corrected chi connectivity index (χ3v) is 5.81. The van der Waals surface area contributed by atoms with Crippen LogP contribution in [0.15, 0.2) is 46.0 Å². The number of anilines is 2. The zero-order valence-electron chi connectivity index (χ0n) is 17.6. The van der Waals surface area contributed by atoms with E-state index < -0.39 is 11.1 Å². The number of carbonyl (C=O) groups excluding carboxylic acids is 1. The molecule has 7 heteroatoms. The number of hydrogen-bond donors (Lipinski definition) is 1. The second-order valence-electron chi connectivity index (χ2n) is 7.99. The predicted molar refractivity (Wildman–Crippen MR) is 119 cm³/mol. The van der Waals surface area contributed by atoms with Crippen molar-refractivity contribution in [2.75, 3.05) is 23.3 Å². The van der Waals surface area contributed by atoms with Crippen LogP contribution < -0.4 is 21.3 Å². The van der Waals surface area contributed by atoms with Crippen molar-refractivity contribution in [2.24, 2.45) is 14.1 Å². The van der Waals surface area contributed by atoms with Gasteiger partial charge >= 0.3 is 11.1 Å². The minimum Gasteiger partial charge on any atom is -0.370 e. The van der Waals surface area contributed by atoms with Crippen LogP contribution in [0.5, 0.6) is 0 Å². The molecule has 1 saturated heterocycles. The van der Waals surface area contributed by atoms with E-state index >= 15 is 0 Å². The monoisotopic (exact) mass is 406 g/mol. The number of aryl methyl sites for hydroxylation is 3. The van der Waals surface area contributed by atoms with E-state index in [4.69, 9.17) is 0 Å². The van der Waals surface area contributed by atoms with Gasteiger partial charge in [-0.15, -0.1) is 0 Å². The fourth-order valence-corrected chi connectivity index (χ4v) is 4.01. The summed E-state index contributed by atoms with van der Waals surface area (Å²) in [5.41, 5.74) is 3.76. The lowest BCUT2D eigenvalue weighted by Gasteiger charge is -2.23. The Balaban J connectivity index is 1.77. The Morgan fingerprint density at radius 3 is 2.10 bits per heavy atom. The first-order valence-corrected chi connectivity index (χ1v) is 10.2. The van der Waals surface area contributed by atoms with Crippen LogP contribution >= 0.6 is 0 Å². The summed E-state index contributed by atoms with van der Waals surface area (Å²) < 4.78 is 2.73. The minimum atomic E-state index is -0.587. The number of aromatic nitrogens is 2. The molecule has 0 atom stereocenters. The topological polar surface area (TPSA) is 76.3 Å². The molecular formula is C23H26N4O3.